The molecule has 0 atom stereocenters. The summed E-state index contributed by atoms with van der Waals surface area (Å²) in [5, 5.41) is 9.80. The van der Waals surface area contributed by atoms with Gasteiger partial charge in [0.05, 0.1) is 12.5 Å². The van der Waals surface area contributed by atoms with Crippen LogP contribution in [0.1, 0.15) is 50.8 Å². The van der Waals surface area contributed by atoms with E-state index in [4.69, 9.17) is 9.47 Å². The highest BCUT2D eigenvalue weighted by Gasteiger charge is 2.23. The van der Waals surface area contributed by atoms with Gasteiger partial charge in [-0.1, -0.05) is 48.9 Å². The Balaban J connectivity index is 2.01. The summed E-state index contributed by atoms with van der Waals surface area (Å²) in [5.74, 6) is 1.32. The number of allylic oxidation sites excluding steroid dienone is 1. The molecule has 0 fully saturated rings. The second-order valence-corrected chi connectivity index (χ2v) is 9.07. The first kappa shape index (κ1) is 24.1. The fourth-order valence-corrected chi connectivity index (χ4v) is 3.53. The standard InChI is InChI=1S/C29H32O4/c1-6-21(19-20-7-15-25(32-5)16-8-20)27(22-9-13-24(30)14-10-22)23-11-17-26(18-12-23)33-28(31)29(2,3)4/h7-18,30H,6,19H2,1-5H3/b27-21-. The summed E-state index contributed by atoms with van der Waals surface area (Å²) in [4.78, 5) is 12.2. The molecule has 33 heavy (non-hydrogen) atoms. The molecule has 0 saturated heterocycles. The number of phenolic OH excluding ortho intramolecular Hbond substituents is 1. The number of carbonyl (C=O) groups is 1. The van der Waals surface area contributed by atoms with Crippen molar-refractivity contribution in [2.75, 3.05) is 7.11 Å². The third-order valence-corrected chi connectivity index (χ3v) is 5.48. The quantitative estimate of drug-likeness (QED) is 0.321. The van der Waals surface area contributed by atoms with Gasteiger partial charge in [0, 0.05) is 0 Å². The van der Waals surface area contributed by atoms with E-state index in [1.165, 1.54) is 11.1 Å². The second kappa shape index (κ2) is 10.4. The number of ether oxygens (including phenoxy) is 2. The Labute approximate surface area is 196 Å². The lowest BCUT2D eigenvalue weighted by Gasteiger charge is -2.18. The number of benzene rings is 3. The van der Waals surface area contributed by atoms with Crippen molar-refractivity contribution in [2.45, 2.75) is 40.5 Å². The molecule has 0 bridgehead atoms. The molecule has 4 nitrogen and oxygen atoms in total. The van der Waals surface area contributed by atoms with Crippen LogP contribution in [0.25, 0.3) is 5.57 Å². The SMILES string of the molecule is CC/C(Cc1ccc(OC)cc1)=C(\c1ccc(O)cc1)c1ccc(OC(=O)C(C)(C)C)cc1. The van der Waals surface area contributed by atoms with Gasteiger partial charge in [0.1, 0.15) is 17.2 Å². The summed E-state index contributed by atoms with van der Waals surface area (Å²) < 4.78 is 10.8. The van der Waals surface area contributed by atoms with Crippen LogP contribution < -0.4 is 9.47 Å². The van der Waals surface area contributed by atoms with E-state index in [9.17, 15) is 9.90 Å². The van der Waals surface area contributed by atoms with E-state index >= 15 is 0 Å². The first-order valence-electron chi connectivity index (χ1n) is 11.2. The summed E-state index contributed by atoms with van der Waals surface area (Å²) in [6.45, 7) is 7.66. The minimum absolute atomic E-state index is 0.232. The Morgan fingerprint density at radius 3 is 1.82 bits per heavy atom. The van der Waals surface area contributed by atoms with Crippen LogP contribution >= 0.6 is 0 Å². The van der Waals surface area contributed by atoms with Crippen LogP contribution in [0.15, 0.2) is 78.4 Å². The summed E-state index contributed by atoms with van der Waals surface area (Å²) in [5.41, 5.74) is 5.06. The molecule has 0 saturated carbocycles. The van der Waals surface area contributed by atoms with Gasteiger partial charge in [-0.2, -0.15) is 0 Å². The van der Waals surface area contributed by atoms with Gasteiger partial charge in [-0.25, -0.2) is 0 Å². The molecule has 1 N–H and O–H groups in total. The number of aromatic hydroxyl groups is 1. The van der Waals surface area contributed by atoms with Gasteiger partial charge in [0.25, 0.3) is 0 Å². The molecule has 0 amide bonds. The Hall–Kier alpha value is -3.53. The van der Waals surface area contributed by atoms with Gasteiger partial charge < -0.3 is 14.6 Å². The molecule has 0 radical (unpaired) electrons. The van der Waals surface area contributed by atoms with Gasteiger partial charge in [-0.05, 0) is 92.3 Å². The number of hydrogen-bond donors (Lipinski definition) is 1. The maximum Gasteiger partial charge on any atom is 0.316 e. The van der Waals surface area contributed by atoms with Crippen molar-refractivity contribution in [1.82, 2.24) is 0 Å². The summed E-state index contributed by atoms with van der Waals surface area (Å²) >= 11 is 0. The minimum Gasteiger partial charge on any atom is -0.508 e. The molecule has 3 aromatic carbocycles. The van der Waals surface area contributed by atoms with E-state index in [1.54, 1.807) is 19.2 Å². The van der Waals surface area contributed by atoms with Gasteiger partial charge in [0.15, 0.2) is 0 Å². The smallest absolute Gasteiger partial charge is 0.316 e. The van der Waals surface area contributed by atoms with Crippen molar-refractivity contribution in [3.8, 4) is 17.2 Å². The third kappa shape index (κ3) is 6.26. The van der Waals surface area contributed by atoms with Crippen molar-refractivity contribution in [1.29, 1.82) is 0 Å². The third-order valence-electron chi connectivity index (χ3n) is 5.48. The topological polar surface area (TPSA) is 55.8 Å². The Kier molecular flexibility index (Phi) is 7.59. The number of methoxy groups -OCH3 is 1. The Morgan fingerprint density at radius 2 is 1.33 bits per heavy atom. The number of hydrogen-bond acceptors (Lipinski definition) is 4. The predicted molar refractivity (Wildman–Crippen MR) is 133 cm³/mol. The molecule has 0 aliphatic rings. The fraction of sp³-hybridized carbons (Fsp3) is 0.276. The monoisotopic (exact) mass is 444 g/mol. The Bertz CT molecular complexity index is 1100. The average molecular weight is 445 g/mol. The molecule has 3 aromatic rings. The lowest BCUT2D eigenvalue weighted by Crippen LogP contribution is -2.25. The van der Waals surface area contributed by atoms with Crippen LogP contribution in [0.2, 0.25) is 0 Å². The maximum atomic E-state index is 12.2. The highest BCUT2D eigenvalue weighted by Crippen LogP contribution is 2.33. The van der Waals surface area contributed by atoms with Gasteiger partial charge >= 0.3 is 5.97 Å². The molecule has 0 aliphatic heterocycles. The van der Waals surface area contributed by atoms with Crippen LogP contribution in [0.5, 0.6) is 17.2 Å². The highest BCUT2D eigenvalue weighted by atomic mass is 16.5. The van der Waals surface area contributed by atoms with Gasteiger partial charge in [0.2, 0.25) is 0 Å². The molecule has 0 aliphatic carbocycles. The van der Waals surface area contributed by atoms with Crippen LogP contribution in [-0.2, 0) is 11.2 Å². The number of esters is 1. The average Bonchev–Trinajstić information content (AvgIpc) is 2.80. The minimum atomic E-state index is -0.566. The van der Waals surface area contributed by atoms with Crippen molar-refractivity contribution < 1.29 is 19.4 Å². The van der Waals surface area contributed by atoms with Crippen molar-refractivity contribution in [2.24, 2.45) is 5.41 Å². The van der Waals surface area contributed by atoms with E-state index < -0.39 is 5.41 Å². The molecule has 0 aromatic heterocycles. The van der Waals surface area contributed by atoms with Crippen LogP contribution in [-0.4, -0.2) is 18.2 Å². The van der Waals surface area contributed by atoms with Crippen LogP contribution in [0, 0.1) is 5.41 Å². The van der Waals surface area contributed by atoms with Gasteiger partial charge in [-0.15, -0.1) is 0 Å². The lowest BCUT2D eigenvalue weighted by atomic mass is 9.88. The number of phenols is 1. The first-order valence-corrected chi connectivity index (χ1v) is 11.2. The Morgan fingerprint density at radius 1 is 0.818 bits per heavy atom. The van der Waals surface area contributed by atoms with E-state index in [1.807, 2.05) is 69.3 Å². The first-order chi connectivity index (χ1) is 15.7. The molecule has 0 spiro atoms. The van der Waals surface area contributed by atoms with E-state index in [2.05, 4.69) is 19.1 Å². The van der Waals surface area contributed by atoms with E-state index in [0.717, 1.165) is 35.3 Å². The molecule has 4 heteroatoms. The summed E-state index contributed by atoms with van der Waals surface area (Å²) in [6, 6.07) is 23.0. The van der Waals surface area contributed by atoms with Crippen molar-refractivity contribution in [3.05, 3.63) is 95.1 Å². The second-order valence-electron chi connectivity index (χ2n) is 9.07. The molecule has 172 valence electrons. The molecular formula is C29H32O4. The molecule has 0 heterocycles. The highest BCUT2D eigenvalue weighted by molar-refractivity contribution is 5.83. The molecule has 3 rings (SSSR count). The summed E-state index contributed by atoms with van der Waals surface area (Å²) in [6.07, 6.45) is 1.65. The zero-order chi connectivity index (χ0) is 24.0. The molecule has 0 unspecified atom stereocenters. The van der Waals surface area contributed by atoms with Crippen molar-refractivity contribution in [3.63, 3.8) is 0 Å². The normalized spacial score (nSPS) is 12.2. The van der Waals surface area contributed by atoms with Gasteiger partial charge in [-0.3, -0.25) is 4.79 Å². The zero-order valence-electron chi connectivity index (χ0n) is 20.0. The molecular weight excluding hydrogens is 412 g/mol. The van der Waals surface area contributed by atoms with E-state index in [-0.39, 0.29) is 11.7 Å². The predicted octanol–water partition coefficient (Wildman–Crippen LogP) is 6.81. The van der Waals surface area contributed by atoms with E-state index in [0.29, 0.717) is 5.75 Å². The maximum absolute atomic E-state index is 12.2. The van der Waals surface area contributed by atoms with Crippen molar-refractivity contribution >= 4 is 11.5 Å². The van der Waals surface area contributed by atoms with Crippen LogP contribution in [0.3, 0.4) is 0 Å². The lowest BCUT2D eigenvalue weighted by molar-refractivity contribution is -0.142. The number of carbonyl (C=O) groups excluding carboxylic acids is 1. The summed E-state index contributed by atoms with van der Waals surface area (Å²) in [7, 11) is 1.66. The number of rotatable bonds is 7. The fourth-order valence-electron chi connectivity index (χ4n) is 3.53. The van der Waals surface area contributed by atoms with Crippen LogP contribution in [0.4, 0.5) is 0 Å². The zero-order valence-corrected chi connectivity index (χ0v) is 20.0. The largest absolute Gasteiger partial charge is 0.508 e.